The molecule has 0 saturated heterocycles. The molecule has 14 heavy (non-hydrogen) atoms. The number of nitrogens with two attached hydrogens (primary N) is 1. The molecule has 5 heteroatoms. The smallest absolute Gasteiger partial charge is 0.197 e. The van der Waals surface area contributed by atoms with Gasteiger partial charge in [-0.1, -0.05) is 6.92 Å². The lowest BCUT2D eigenvalue weighted by molar-refractivity contribution is 0.344. The number of hydrogen-bond donors (Lipinski definition) is 2. The second kappa shape index (κ2) is 5.05. The Morgan fingerprint density at radius 1 is 1.57 bits per heavy atom. The van der Waals surface area contributed by atoms with Crippen molar-refractivity contribution in [3.8, 4) is 5.75 Å². The zero-order valence-corrected chi connectivity index (χ0v) is 9.65. The molecule has 1 heterocycles. The average Bonchev–Trinajstić information content (AvgIpc) is 2.50. The number of nitrogens with one attached hydrogen (secondary N) is 1. The molecule has 1 aromatic heterocycles. The third kappa shape index (κ3) is 2.51. The Balaban J connectivity index is 2.75. The number of anilines is 2. The van der Waals surface area contributed by atoms with Gasteiger partial charge in [0.2, 0.25) is 0 Å². The Morgan fingerprint density at radius 3 is 2.86 bits per heavy atom. The maximum absolute atomic E-state index is 5.68. The molecule has 0 aliphatic carbocycles. The van der Waals surface area contributed by atoms with Crippen molar-refractivity contribution in [2.45, 2.75) is 33.2 Å². The molecule has 0 spiro atoms. The minimum Gasteiger partial charge on any atom is -0.487 e. The Hall–Kier alpha value is -0.970. The van der Waals surface area contributed by atoms with E-state index in [-0.39, 0.29) is 0 Å². The van der Waals surface area contributed by atoms with Crippen molar-refractivity contribution in [2.24, 2.45) is 0 Å². The molecule has 0 bridgehead atoms. The zero-order valence-electron chi connectivity index (χ0n) is 8.83. The number of aromatic nitrogens is 1. The van der Waals surface area contributed by atoms with Crippen LogP contribution < -0.4 is 15.8 Å². The second-order valence-corrected chi connectivity index (χ2v) is 3.89. The maximum atomic E-state index is 5.68. The van der Waals surface area contributed by atoms with Crippen molar-refractivity contribution < 1.29 is 4.74 Å². The first-order chi connectivity index (χ1) is 6.69. The molecule has 4 nitrogen and oxygen atoms in total. The number of rotatable bonds is 5. The third-order valence-electron chi connectivity index (χ3n) is 1.95. The van der Waals surface area contributed by atoms with Crippen LogP contribution in [0.4, 0.5) is 10.8 Å². The lowest BCUT2D eigenvalue weighted by Crippen LogP contribution is -2.13. The molecular formula is C9H17N3OS. The van der Waals surface area contributed by atoms with E-state index in [2.05, 4.69) is 23.5 Å². The Bertz CT molecular complexity index is 288. The summed E-state index contributed by atoms with van der Waals surface area (Å²) in [6.45, 7) is 6.79. The minimum absolute atomic E-state index is 0.411. The molecule has 0 aliphatic heterocycles. The van der Waals surface area contributed by atoms with Gasteiger partial charge in [0, 0.05) is 6.04 Å². The van der Waals surface area contributed by atoms with Gasteiger partial charge in [0.05, 0.1) is 6.61 Å². The van der Waals surface area contributed by atoms with E-state index < -0.39 is 0 Å². The Labute approximate surface area is 88.6 Å². The van der Waals surface area contributed by atoms with Crippen molar-refractivity contribution in [1.82, 2.24) is 4.37 Å². The van der Waals surface area contributed by atoms with Gasteiger partial charge in [0.25, 0.3) is 0 Å². The predicted molar refractivity (Wildman–Crippen MR) is 61.1 cm³/mol. The van der Waals surface area contributed by atoms with Gasteiger partial charge >= 0.3 is 0 Å². The van der Waals surface area contributed by atoms with Crippen molar-refractivity contribution in [1.29, 1.82) is 0 Å². The van der Waals surface area contributed by atoms with Crippen LogP contribution in [0.5, 0.6) is 5.75 Å². The first kappa shape index (κ1) is 11.1. The highest BCUT2D eigenvalue weighted by Gasteiger charge is 2.13. The van der Waals surface area contributed by atoms with Crippen LogP contribution >= 0.6 is 11.5 Å². The summed E-state index contributed by atoms with van der Waals surface area (Å²) < 4.78 is 9.47. The molecular weight excluding hydrogens is 198 g/mol. The predicted octanol–water partition coefficient (Wildman–Crippen LogP) is 2.33. The first-order valence-corrected chi connectivity index (χ1v) is 5.60. The van der Waals surface area contributed by atoms with Crippen LogP contribution in [0.15, 0.2) is 0 Å². The summed E-state index contributed by atoms with van der Waals surface area (Å²) in [6.07, 6.45) is 1.06. The summed E-state index contributed by atoms with van der Waals surface area (Å²) in [4.78, 5) is 0. The SMILES string of the molecule is CCOc1c(N)nsc1NC(C)CC. The molecule has 0 aromatic carbocycles. The van der Waals surface area contributed by atoms with Gasteiger partial charge in [-0.05, 0) is 31.8 Å². The standard InChI is InChI=1S/C9H17N3OS/c1-4-6(3)11-9-7(13-5-2)8(10)12-14-9/h6,11H,4-5H2,1-3H3,(H2,10,12). The van der Waals surface area contributed by atoms with E-state index in [1.165, 1.54) is 11.5 Å². The number of nitrogens with zero attached hydrogens (tertiary/aromatic N) is 1. The van der Waals surface area contributed by atoms with Gasteiger partial charge in [-0.15, -0.1) is 0 Å². The van der Waals surface area contributed by atoms with E-state index in [0.717, 1.165) is 11.4 Å². The average molecular weight is 215 g/mol. The first-order valence-electron chi connectivity index (χ1n) is 4.83. The van der Waals surface area contributed by atoms with Gasteiger partial charge in [0.1, 0.15) is 0 Å². The Kier molecular flexibility index (Phi) is 4.00. The quantitative estimate of drug-likeness (QED) is 0.791. The molecule has 1 unspecified atom stereocenters. The van der Waals surface area contributed by atoms with Gasteiger partial charge in [0.15, 0.2) is 16.6 Å². The molecule has 0 radical (unpaired) electrons. The minimum atomic E-state index is 0.411. The number of hydrogen-bond acceptors (Lipinski definition) is 5. The molecule has 1 rings (SSSR count). The van der Waals surface area contributed by atoms with E-state index >= 15 is 0 Å². The number of ether oxygens (including phenoxy) is 1. The van der Waals surface area contributed by atoms with Crippen LogP contribution in [0.25, 0.3) is 0 Å². The molecule has 80 valence electrons. The summed E-state index contributed by atoms with van der Waals surface area (Å²) in [5, 5.41) is 4.25. The summed E-state index contributed by atoms with van der Waals surface area (Å²) in [7, 11) is 0. The molecule has 0 saturated carbocycles. The second-order valence-electron chi connectivity index (χ2n) is 3.11. The summed E-state index contributed by atoms with van der Waals surface area (Å²) in [6, 6.07) is 0.411. The van der Waals surface area contributed by atoms with Crippen LogP contribution in [0.3, 0.4) is 0 Å². The highest BCUT2D eigenvalue weighted by atomic mass is 32.1. The van der Waals surface area contributed by atoms with E-state index in [0.29, 0.717) is 24.2 Å². The van der Waals surface area contributed by atoms with Crippen LogP contribution in [0.2, 0.25) is 0 Å². The van der Waals surface area contributed by atoms with E-state index in [1.807, 2.05) is 6.92 Å². The van der Waals surface area contributed by atoms with Gasteiger partial charge in [-0.2, -0.15) is 4.37 Å². The lowest BCUT2D eigenvalue weighted by Gasteiger charge is -2.12. The largest absolute Gasteiger partial charge is 0.487 e. The van der Waals surface area contributed by atoms with Crippen molar-refractivity contribution in [3.05, 3.63) is 0 Å². The van der Waals surface area contributed by atoms with Crippen LogP contribution in [-0.4, -0.2) is 17.0 Å². The summed E-state index contributed by atoms with van der Waals surface area (Å²) >= 11 is 1.35. The van der Waals surface area contributed by atoms with Gasteiger partial charge in [-0.3, -0.25) is 0 Å². The molecule has 1 aromatic rings. The highest BCUT2D eigenvalue weighted by Crippen LogP contribution is 2.35. The fraction of sp³-hybridized carbons (Fsp3) is 0.667. The molecule has 0 aliphatic rings. The zero-order chi connectivity index (χ0) is 10.6. The summed E-state index contributed by atoms with van der Waals surface area (Å²) in [5.74, 6) is 1.17. The maximum Gasteiger partial charge on any atom is 0.197 e. The van der Waals surface area contributed by atoms with Crippen molar-refractivity contribution >= 4 is 22.4 Å². The highest BCUT2D eigenvalue weighted by molar-refractivity contribution is 7.11. The fourth-order valence-corrected chi connectivity index (χ4v) is 1.77. The molecule has 1 atom stereocenters. The topological polar surface area (TPSA) is 60.2 Å². The lowest BCUT2D eigenvalue weighted by atomic mass is 10.3. The van der Waals surface area contributed by atoms with E-state index in [9.17, 15) is 0 Å². The van der Waals surface area contributed by atoms with E-state index in [1.54, 1.807) is 0 Å². The fourth-order valence-electron chi connectivity index (χ4n) is 0.996. The van der Waals surface area contributed by atoms with Crippen LogP contribution in [0, 0.1) is 0 Å². The molecule has 0 fully saturated rings. The Morgan fingerprint density at radius 2 is 2.29 bits per heavy atom. The summed E-state index contributed by atoms with van der Waals surface area (Å²) in [5.41, 5.74) is 5.68. The molecule has 3 N–H and O–H groups in total. The number of nitrogen functional groups attached to an aromatic ring is 1. The third-order valence-corrected chi connectivity index (χ3v) is 2.73. The monoisotopic (exact) mass is 215 g/mol. The normalized spacial score (nSPS) is 12.5. The van der Waals surface area contributed by atoms with Gasteiger partial charge < -0.3 is 15.8 Å². The van der Waals surface area contributed by atoms with Crippen molar-refractivity contribution in [3.63, 3.8) is 0 Å². The van der Waals surface area contributed by atoms with Crippen LogP contribution in [-0.2, 0) is 0 Å². The van der Waals surface area contributed by atoms with Gasteiger partial charge in [-0.25, -0.2) is 0 Å². The van der Waals surface area contributed by atoms with Crippen molar-refractivity contribution in [2.75, 3.05) is 17.7 Å². The van der Waals surface area contributed by atoms with E-state index in [4.69, 9.17) is 10.5 Å². The molecule has 0 amide bonds. The van der Waals surface area contributed by atoms with Crippen LogP contribution in [0.1, 0.15) is 27.2 Å².